The van der Waals surface area contributed by atoms with Crippen molar-refractivity contribution in [2.24, 2.45) is 0 Å². The second kappa shape index (κ2) is 7.24. The molecule has 0 unspecified atom stereocenters. The van der Waals surface area contributed by atoms with E-state index in [1.54, 1.807) is 4.90 Å². The van der Waals surface area contributed by atoms with E-state index in [0.29, 0.717) is 6.42 Å². The van der Waals surface area contributed by atoms with Gasteiger partial charge in [0.1, 0.15) is 0 Å². The van der Waals surface area contributed by atoms with Crippen LogP contribution >= 0.6 is 0 Å². The fraction of sp³-hybridized carbons (Fsp3) is 0.176. The molecule has 2 aromatic carbocycles. The van der Waals surface area contributed by atoms with Crippen LogP contribution in [0.5, 0.6) is 0 Å². The lowest BCUT2D eigenvalue weighted by Crippen LogP contribution is -2.25. The molecule has 0 saturated heterocycles. The smallest absolute Gasteiger partial charge is 0.303 e. The number of para-hydroxylation sites is 2. The van der Waals surface area contributed by atoms with Gasteiger partial charge in [-0.25, -0.2) is 0 Å². The molecule has 0 atom stereocenters. The van der Waals surface area contributed by atoms with Crippen molar-refractivity contribution < 1.29 is 14.7 Å². The van der Waals surface area contributed by atoms with E-state index in [-0.39, 0.29) is 18.7 Å². The van der Waals surface area contributed by atoms with Gasteiger partial charge in [-0.15, -0.1) is 0 Å². The van der Waals surface area contributed by atoms with E-state index in [0.717, 1.165) is 11.4 Å². The summed E-state index contributed by atoms with van der Waals surface area (Å²) in [6, 6.07) is 18.7. The Balaban J connectivity index is 2.21. The highest BCUT2D eigenvalue weighted by Gasteiger charge is 2.17. The summed E-state index contributed by atoms with van der Waals surface area (Å²) in [5.41, 5.74) is 1.56. The van der Waals surface area contributed by atoms with E-state index in [1.807, 2.05) is 60.7 Å². The van der Waals surface area contributed by atoms with Crippen LogP contribution in [0.4, 0.5) is 11.4 Å². The number of anilines is 2. The Morgan fingerprint density at radius 2 is 1.29 bits per heavy atom. The Morgan fingerprint density at radius 3 is 1.71 bits per heavy atom. The average Bonchev–Trinajstić information content (AvgIpc) is 2.49. The number of hydrogen-bond donors (Lipinski definition) is 1. The minimum absolute atomic E-state index is 0.00313. The zero-order valence-electron chi connectivity index (χ0n) is 11.6. The summed E-state index contributed by atoms with van der Waals surface area (Å²) < 4.78 is 0. The molecule has 0 radical (unpaired) electrons. The quantitative estimate of drug-likeness (QED) is 0.881. The number of carbonyl (C=O) groups excluding carboxylic acids is 1. The molecule has 0 saturated carbocycles. The Hall–Kier alpha value is -2.62. The van der Waals surface area contributed by atoms with Crippen molar-refractivity contribution >= 4 is 23.3 Å². The zero-order chi connectivity index (χ0) is 15.1. The molecule has 108 valence electrons. The molecule has 4 heteroatoms. The summed E-state index contributed by atoms with van der Waals surface area (Å²) in [6.45, 7) is 0. The van der Waals surface area contributed by atoms with Crippen molar-refractivity contribution in [3.05, 3.63) is 60.7 Å². The third-order valence-corrected chi connectivity index (χ3v) is 3.06. The molecule has 0 heterocycles. The molecule has 0 fully saturated rings. The number of rotatable bonds is 6. The van der Waals surface area contributed by atoms with Crippen LogP contribution in [0.25, 0.3) is 0 Å². The van der Waals surface area contributed by atoms with Gasteiger partial charge < -0.3 is 5.11 Å². The van der Waals surface area contributed by atoms with Crippen LogP contribution in [0.1, 0.15) is 19.3 Å². The maximum absolute atomic E-state index is 12.5. The maximum atomic E-state index is 12.5. The fourth-order valence-electron chi connectivity index (χ4n) is 2.09. The van der Waals surface area contributed by atoms with E-state index >= 15 is 0 Å². The molecule has 0 aliphatic carbocycles. The summed E-state index contributed by atoms with van der Waals surface area (Å²) >= 11 is 0. The van der Waals surface area contributed by atoms with Crippen molar-refractivity contribution in [1.29, 1.82) is 0 Å². The van der Waals surface area contributed by atoms with Crippen molar-refractivity contribution in [3.63, 3.8) is 0 Å². The first-order chi connectivity index (χ1) is 10.2. The SMILES string of the molecule is O=C(O)CCCC(=O)N(c1ccccc1)c1ccccc1. The van der Waals surface area contributed by atoms with Crippen LogP contribution in [0.3, 0.4) is 0 Å². The largest absolute Gasteiger partial charge is 0.481 e. The van der Waals surface area contributed by atoms with Gasteiger partial charge in [-0.3, -0.25) is 14.5 Å². The summed E-state index contributed by atoms with van der Waals surface area (Å²) in [4.78, 5) is 24.7. The second-order valence-corrected chi connectivity index (χ2v) is 4.65. The number of carboxylic acid groups (broad SMARTS) is 1. The molecule has 1 amide bonds. The topological polar surface area (TPSA) is 57.6 Å². The average molecular weight is 283 g/mol. The Kier molecular flexibility index (Phi) is 5.10. The Bertz CT molecular complexity index is 556. The van der Waals surface area contributed by atoms with Gasteiger partial charge in [0.2, 0.25) is 5.91 Å². The van der Waals surface area contributed by atoms with E-state index in [9.17, 15) is 9.59 Å². The van der Waals surface area contributed by atoms with Gasteiger partial charge in [0.15, 0.2) is 0 Å². The monoisotopic (exact) mass is 283 g/mol. The van der Waals surface area contributed by atoms with Gasteiger partial charge in [0, 0.05) is 24.2 Å². The lowest BCUT2D eigenvalue weighted by Gasteiger charge is -2.23. The maximum Gasteiger partial charge on any atom is 0.303 e. The number of carbonyl (C=O) groups is 2. The molecule has 0 aromatic heterocycles. The molecule has 1 N–H and O–H groups in total. The second-order valence-electron chi connectivity index (χ2n) is 4.65. The normalized spacial score (nSPS) is 10.1. The molecule has 0 bridgehead atoms. The molecule has 4 nitrogen and oxygen atoms in total. The van der Waals surface area contributed by atoms with Gasteiger partial charge in [0.05, 0.1) is 0 Å². The van der Waals surface area contributed by atoms with Crippen LogP contribution in [0.15, 0.2) is 60.7 Å². The predicted octanol–water partition coefficient (Wildman–Crippen LogP) is 3.61. The third-order valence-electron chi connectivity index (χ3n) is 3.06. The molecule has 0 spiro atoms. The summed E-state index contributed by atoms with van der Waals surface area (Å²) in [7, 11) is 0. The highest BCUT2D eigenvalue weighted by molar-refractivity contribution is 6.00. The van der Waals surface area contributed by atoms with E-state index < -0.39 is 5.97 Å². The van der Waals surface area contributed by atoms with Gasteiger partial charge in [0.25, 0.3) is 0 Å². The molecule has 0 aliphatic rings. The van der Waals surface area contributed by atoms with Gasteiger partial charge in [-0.2, -0.15) is 0 Å². The summed E-state index contributed by atoms with van der Waals surface area (Å²) in [5.74, 6) is -0.984. The number of hydrogen-bond acceptors (Lipinski definition) is 2. The molecular weight excluding hydrogens is 266 g/mol. The number of carboxylic acids is 1. The van der Waals surface area contributed by atoms with Crippen LogP contribution in [-0.4, -0.2) is 17.0 Å². The van der Waals surface area contributed by atoms with Crippen LogP contribution in [0.2, 0.25) is 0 Å². The number of nitrogens with zero attached hydrogens (tertiary/aromatic N) is 1. The molecular formula is C17H17NO3. The minimum Gasteiger partial charge on any atom is -0.481 e. The van der Waals surface area contributed by atoms with Crippen molar-refractivity contribution in [1.82, 2.24) is 0 Å². The molecule has 0 aliphatic heterocycles. The standard InChI is InChI=1S/C17H17NO3/c19-16(12-7-13-17(20)21)18(14-8-3-1-4-9-14)15-10-5-2-6-11-15/h1-6,8-11H,7,12-13H2,(H,20,21). The van der Waals surface area contributed by atoms with Crippen LogP contribution in [-0.2, 0) is 9.59 Å². The van der Waals surface area contributed by atoms with E-state index in [4.69, 9.17) is 5.11 Å². The molecule has 21 heavy (non-hydrogen) atoms. The lowest BCUT2D eigenvalue weighted by atomic mass is 10.1. The van der Waals surface area contributed by atoms with Crippen molar-refractivity contribution in [2.75, 3.05) is 4.90 Å². The van der Waals surface area contributed by atoms with E-state index in [2.05, 4.69) is 0 Å². The first kappa shape index (κ1) is 14.8. The predicted molar refractivity (Wildman–Crippen MR) is 81.5 cm³/mol. The first-order valence-electron chi connectivity index (χ1n) is 6.83. The van der Waals surface area contributed by atoms with Crippen LogP contribution < -0.4 is 4.90 Å². The van der Waals surface area contributed by atoms with Crippen molar-refractivity contribution in [3.8, 4) is 0 Å². The van der Waals surface area contributed by atoms with Gasteiger partial charge in [-0.1, -0.05) is 36.4 Å². The number of benzene rings is 2. The molecule has 2 aromatic rings. The Labute approximate surface area is 123 Å². The zero-order valence-corrected chi connectivity index (χ0v) is 11.6. The first-order valence-corrected chi connectivity index (χ1v) is 6.83. The lowest BCUT2D eigenvalue weighted by molar-refractivity contribution is -0.137. The minimum atomic E-state index is -0.881. The van der Waals surface area contributed by atoms with Gasteiger partial charge in [-0.05, 0) is 30.7 Å². The Morgan fingerprint density at radius 1 is 0.810 bits per heavy atom. The summed E-state index contributed by atoms with van der Waals surface area (Å²) in [6.07, 6.45) is 0.545. The highest BCUT2D eigenvalue weighted by atomic mass is 16.4. The van der Waals surface area contributed by atoms with E-state index in [1.165, 1.54) is 0 Å². The highest BCUT2D eigenvalue weighted by Crippen LogP contribution is 2.26. The fourth-order valence-corrected chi connectivity index (χ4v) is 2.09. The number of amides is 1. The number of aliphatic carboxylic acids is 1. The third kappa shape index (κ3) is 4.18. The van der Waals surface area contributed by atoms with Crippen molar-refractivity contribution in [2.45, 2.75) is 19.3 Å². The van der Waals surface area contributed by atoms with Gasteiger partial charge >= 0.3 is 5.97 Å². The molecule has 2 rings (SSSR count). The van der Waals surface area contributed by atoms with Crippen LogP contribution in [0, 0.1) is 0 Å². The summed E-state index contributed by atoms with van der Waals surface area (Å²) in [5, 5.41) is 8.67.